The van der Waals surface area contributed by atoms with E-state index in [2.05, 4.69) is 23.1 Å². The van der Waals surface area contributed by atoms with Crippen molar-refractivity contribution < 1.29 is 9.00 Å². The monoisotopic (exact) mass is 645 g/mol. The van der Waals surface area contributed by atoms with Gasteiger partial charge in [0.25, 0.3) is 5.91 Å². The molecule has 2 unspecified atom stereocenters. The summed E-state index contributed by atoms with van der Waals surface area (Å²) in [6.45, 7) is 5.28. The Morgan fingerprint density at radius 3 is 2.48 bits per heavy atom. The summed E-state index contributed by atoms with van der Waals surface area (Å²) in [6.07, 6.45) is 2.89. The maximum Gasteiger partial charge on any atom is 0.254 e. The summed E-state index contributed by atoms with van der Waals surface area (Å²) in [5.41, 5.74) is 3.27. The van der Waals surface area contributed by atoms with E-state index in [-0.39, 0.29) is 11.8 Å². The minimum atomic E-state index is -0.962. The highest BCUT2D eigenvalue weighted by Crippen LogP contribution is 2.34. The van der Waals surface area contributed by atoms with E-state index in [1.807, 2.05) is 74.6 Å². The van der Waals surface area contributed by atoms with Gasteiger partial charge < -0.3 is 9.80 Å². The van der Waals surface area contributed by atoms with E-state index in [0.717, 1.165) is 60.1 Å². The third-order valence-corrected chi connectivity index (χ3v) is 10.9. The van der Waals surface area contributed by atoms with Crippen LogP contribution in [0.2, 0.25) is 10.0 Å². The van der Waals surface area contributed by atoms with Crippen molar-refractivity contribution in [3.8, 4) is 6.07 Å². The van der Waals surface area contributed by atoms with Crippen LogP contribution >= 0.6 is 23.2 Å². The molecule has 1 fully saturated rings. The molecule has 228 valence electrons. The van der Waals surface area contributed by atoms with Crippen LogP contribution in [0.1, 0.15) is 65.1 Å². The maximum atomic E-state index is 13.8. The number of likely N-dealkylation sites (N-methyl/N-ethyl adjacent to an activating group) is 1. The summed E-state index contributed by atoms with van der Waals surface area (Å²) < 4.78 is 12.7. The van der Waals surface area contributed by atoms with E-state index in [1.165, 1.54) is 5.56 Å². The van der Waals surface area contributed by atoms with Crippen molar-refractivity contribution in [3.05, 3.63) is 111 Å². The van der Waals surface area contributed by atoms with Crippen molar-refractivity contribution in [3.63, 3.8) is 0 Å². The Bertz CT molecular complexity index is 1710. The van der Waals surface area contributed by atoms with Gasteiger partial charge >= 0.3 is 0 Å². The fourth-order valence-electron chi connectivity index (χ4n) is 6.29. The number of nitriles is 1. The van der Waals surface area contributed by atoms with Gasteiger partial charge in [-0.3, -0.25) is 9.00 Å². The first-order valence-electron chi connectivity index (χ1n) is 15.1. The highest BCUT2D eigenvalue weighted by molar-refractivity contribution is 7.85. The highest BCUT2D eigenvalue weighted by Gasteiger charge is 2.26. The van der Waals surface area contributed by atoms with Gasteiger partial charge in [-0.1, -0.05) is 78.7 Å². The molecule has 0 N–H and O–H groups in total. The van der Waals surface area contributed by atoms with Crippen molar-refractivity contribution in [2.75, 3.05) is 39.0 Å². The van der Waals surface area contributed by atoms with Crippen LogP contribution in [-0.2, 0) is 10.8 Å². The van der Waals surface area contributed by atoms with Gasteiger partial charge in [-0.15, -0.1) is 0 Å². The summed E-state index contributed by atoms with van der Waals surface area (Å²) in [6, 6.07) is 27.3. The zero-order chi connectivity index (χ0) is 31.2. The zero-order valence-corrected chi connectivity index (χ0v) is 27.5. The SMILES string of the molecule is CCS(=O)c1ccccc1C1CCN(CCC(CN(C)C(=O)c2cc(C#N)cc3ccccc23)c2ccc(Cl)c(Cl)c2)CC1. The van der Waals surface area contributed by atoms with Crippen LogP contribution in [0.3, 0.4) is 0 Å². The van der Waals surface area contributed by atoms with Gasteiger partial charge in [0, 0.05) is 35.7 Å². The van der Waals surface area contributed by atoms with E-state index in [1.54, 1.807) is 11.0 Å². The van der Waals surface area contributed by atoms with E-state index in [4.69, 9.17) is 23.2 Å². The topological polar surface area (TPSA) is 64.4 Å². The Hall–Kier alpha value is -3.21. The number of nitrogens with zero attached hydrogens (tertiary/aromatic N) is 3. The predicted octanol–water partition coefficient (Wildman–Crippen LogP) is 8.27. The molecule has 0 spiro atoms. The van der Waals surface area contributed by atoms with Crippen LogP contribution in [0.5, 0.6) is 0 Å². The molecule has 1 aliphatic rings. The van der Waals surface area contributed by atoms with Crippen LogP contribution in [0.25, 0.3) is 10.8 Å². The Labute approximate surface area is 272 Å². The lowest BCUT2D eigenvalue weighted by molar-refractivity contribution is 0.0783. The number of rotatable bonds is 10. The van der Waals surface area contributed by atoms with Crippen LogP contribution in [0.4, 0.5) is 0 Å². The second-order valence-corrected chi connectivity index (χ2v) is 14.0. The normalized spacial score (nSPS) is 15.5. The van der Waals surface area contributed by atoms with Gasteiger partial charge in [0.2, 0.25) is 0 Å². The van der Waals surface area contributed by atoms with Gasteiger partial charge in [0.1, 0.15) is 0 Å². The van der Waals surface area contributed by atoms with E-state index in [0.29, 0.717) is 39.4 Å². The number of fused-ring (bicyclic) bond motifs is 1. The predicted molar refractivity (Wildman–Crippen MR) is 181 cm³/mol. The van der Waals surface area contributed by atoms with Gasteiger partial charge in [0.05, 0.1) is 32.5 Å². The average Bonchev–Trinajstić information content (AvgIpc) is 3.06. The lowest BCUT2D eigenvalue weighted by atomic mass is 9.88. The number of carbonyl (C=O) groups is 1. The molecule has 0 saturated carbocycles. The molecule has 4 aromatic rings. The van der Waals surface area contributed by atoms with Crippen LogP contribution in [0, 0.1) is 11.3 Å². The van der Waals surface area contributed by atoms with Gasteiger partial charge in [-0.2, -0.15) is 5.26 Å². The van der Waals surface area contributed by atoms with Crippen LogP contribution in [0.15, 0.2) is 83.8 Å². The minimum Gasteiger partial charge on any atom is -0.341 e. The standard InChI is InChI=1S/C36H37Cl2N3O2S/c1-3-44(43)35-11-7-6-10-31(35)26-14-17-41(18-15-26)19-16-29(27-12-13-33(37)34(38)22-27)24-40(2)36(42)32-21-25(23-39)20-28-8-4-5-9-30(28)32/h4-13,20-22,26,29H,3,14-19,24H2,1-2H3. The molecule has 0 bridgehead atoms. The number of halogens is 2. The number of likely N-dealkylation sites (tertiary alicyclic amines) is 1. The largest absolute Gasteiger partial charge is 0.341 e. The molecule has 0 aromatic heterocycles. The van der Waals surface area contributed by atoms with Gasteiger partial charge in [0.15, 0.2) is 0 Å². The van der Waals surface area contributed by atoms with Crippen LogP contribution < -0.4 is 0 Å². The molecule has 1 amide bonds. The molecule has 5 nitrogen and oxygen atoms in total. The Morgan fingerprint density at radius 1 is 1.02 bits per heavy atom. The summed E-state index contributed by atoms with van der Waals surface area (Å²) in [5.74, 6) is 0.955. The number of hydrogen-bond acceptors (Lipinski definition) is 4. The molecule has 8 heteroatoms. The van der Waals surface area contributed by atoms with E-state index < -0.39 is 10.8 Å². The van der Waals surface area contributed by atoms with E-state index >= 15 is 0 Å². The fraction of sp³-hybridized carbons (Fsp3) is 0.333. The fourth-order valence-corrected chi connectivity index (χ4v) is 7.63. The smallest absolute Gasteiger partial charge is 0.254 e. The molecule has 1 heterocycles. The number of benzene rings is 4. The maximum absolute atomic E-state index is 13.8. The van der Waals surface area contributed by atoms with Gasteiger partial charge in [-0.25, -0.2) is 0 Å². The van der Waals surface area contributed by atoms with Gasteiger partial charge in [-0.05, 0) is 97.0 Å². The van der Waals surface area contributed by atoms with Crippen LogP contribution in [-0.4, -0.2) is 58.9 Å². The lowest BCUT2D eigenvalue weighted by Crippen LogP contribution is -2.36. The van der Waals surface area contributed by atoms with Crippen molar-refractivity contribution in [2.45, 2.75) is 42.9 Å². The first-order valence-corrected chi connectivity index (χ1v) is 17.2. The summed E-state index contributed by atoms with van der Waals surface area (Å²) in [5, 5.41) is 12.3. The third kappa shape index (κ3) is 7.35. The molecule has 4 aromatic carbocycles. The Kier molecular flexibility index (Phi) is 10.8. The molecule has 5 rings (SSSR count). The molecule has 44 heavy (non-hydrogen) atoms. The highest BCUT2D eigenvalue weighted by atomic mass is 35.5. The number of amides is 1. The molecule has 0 radical (unpaired) electrons. The van der Waals surface area contributed by atoms with Crippen molar-refractivity contribution in [1.29, 1.82) is 5.26 Å². The molecule has 1 saturated heterocycles. The summed E-state index contributed by atoms with van der Waals surface area (Å²) in [4.78, 5) is 19.1. The van der Waals surface area contributed by atoms with Crippen molar-refractivity contribution >= 4 is 50.7 Å². The minimum absolute atomic E-state index is 0.0366. The summed E-state index contributed by atoms with van der Waals surface area (Å²) >= 11 is 12.7. The number of carbonyl (C=O) groups excluding carboxylic acids is 1. The Balaban J connectivity index is 1.30. The molecular formula is C36H37Cl2N3O2S. The molecule has 1 aliphatic heterocycles. The summed E-state index contributed by atoms with van der Waals surface area (Å²) in [7, 11) is 0.861. The second-order valence-electron chi connectivity index (χ2n) is 11.5. The van der Waals surface area contributed by atoms with Crippen molar-refractivity contribution in [1.82, 2.24) is 9.80 Å². The first-order chi connectivity index (χ1) is 21.3. The molecular weight excluding hydrogens is 609 g/mol. The second kappa shape index (κ2) is 14.7. The Morgan fingerprint density at radius 2 is 1.75 bits per heavy atom. The number of piperidine rings is 1. The quantitative estimate of drug-likeness (QED) is 0.174. The zero-order valence-electron chi connectivity index (χ0n) is 25.1. The van der Waals surface area contributed by atoms with E-state index in [9.17, 15) is 14.3 Å². The number of hydrogen-bond donors (Lipinski definition) is 0. The molecule has 0 aliphatic carbocycles. The van der Waals surface area contributed by atoms with Crippen molar-refractivity contribution in [2.24, 2.45) is 0 Å². The average molecular weight is 647 g/mol. The first kappa shape index (κ1) is 32.2. The lowest BCUT2D eigenvalue weighted by Gasteiger charge is -2.34. The molecule has 2 atom stereocenters. The third-order valence-electron chi connectivity index (χ3n) is 8.72.